The summed E-state index contributed by atoms with van der Waals surface area (Å²) in [4.78, 5) is 11.1. The molecule has 0 aromatic carbocycles. The standard InChI is InChI=1S/C8H12O2/c9-8-5-10-7-3-1-2-6(8)4-7/h6-7H,1-5H2. The third-order valence-electron chi connectivity index (χ3n) is 2.54. The van der Waals surface area contributed by atoms with E-state index in [-0.39, 0.29) is 0 Å². The molecule has 1 saturated heterocycles. The van der Waals surface area contributed by atoms with Crippen LogP contribution in [0.25, 0.3) is 0 Å². The first-order valence-electron chi connectivity index (χ1n) is 4.00. The van der Waals surface area contributed by atoms with Gasteiger partial charge in [-0.15, -0.1) is 0 Å². The summed E-state index contributed by atoms with van der Waals surface area (Å²) in [5.41, 5.74) is 0. The summed E-state index contributed by atoms with van der Waals surface area (Å²) in [6.45, 7) is 0.384. The fourth-order valence-electron chi connectivity index (χ4n) is 1.91. The maximum absolute atomic E-state index is 11.1. The van der Waals surface area contributed by atoms with Crippen LogP contribution < -0.4 is 0 Å². The average molecular weight is 140 g/mol. The van der Waals surface area contributed by atoms with Gasteiger partial charge >= 0.3 is 0 Å². The van der Waals surface area contributed by atoms with Crippen LogP contribution in [0.4, 0.5) is 0 Å². The second kappa shape index (κ2) is 2.35. The van der Waals surface area contributed by atoms with E-state index >= 15 is 0 Å². The molecule has 2 unspecified atom stereocenters. The van der Waals surface area contributed by atoms with Crippen molar-refractivity contribution in [2.24, 2.45) is 5.92 Å². The van der Waals surface area contributed by atoms with Gasteiger partial charge in [0.05, 0.1) is 6.10 Å². The molecule has 0 aromatic rings. The van der Waals surface area contributed by atoms with E-state index in [4.69, 9.17) is 4.74 Å². The van der Waals surface area contributed by atoms with E-state index in [1.807, 2.05) is 0 Å². The summed E-state index contributed by atoms with van der Waals surface area (Å²) in [6, 6.07) is 0. The SMILES string of the molecule is O=C1COC2CCCC1C2. The Hall–Kier alpha value is -0.370. The lowest BCUT2D eigenvalue weighted by molar-refractivity contribution is -0.141. The molecule has 2 aliphatic rings. The Morgan fingerprint density at radius 3 is 3.10 bits per heavy atom. The monoisotopic (exact) mass is 140 g/mol. The van der Waals surface area contributed by atoms with E-state index in [0.29, 0.717) is 24.4 Å². The zero-order chi connectivity index (χ0) is 6.97. The van der Waals surface area contributed by atoms with Crippen molar-refractivity contribution in [3.8, 4) is 0 Å². The summed E-state index contributed by atoms with van der Waals surface area (Å²) in [5, 5.41) is 0. The maximum atomic E-state index is 11.1. The lowest BCUT2D eigenvalue weighted by Gasteiger charge is -2.32. The van der Waals surface area contributed by atoms with E-state index in [0.717, 1.165) is 12.8 Å². The number of rotatable bonds is 0. The van der Waals surface area contributed by atoms with Crippen molar-refractivity contribution >= 4 is 5.78 Å². The molecule has 1 heterocycles. The predicted molar refractivity (Wildman–Crippen MR) is 36.7 cm³/mol. The minimum Gasteiger partial charge on any atom is -0.370 e. The lowest BCUT2D eigenvalue weighted by Crippen LogP contribution is -2.36. The summed E-state index contributed by atoms with van der Waals surface area (Å²) in [7, 11) is 0. The third kappa shape index (κ3) is 0.966. The third-order valence-corrected chi connectivity index (χ3v) is 2.54. The fraction of sp³-hybridized carbons (Fsp3) is 0.875. The molecule has 0 aromatic heterocycles. The molecule has 1 aliphatic carbocycles. The van der Waals surface area contributed by atoms with Gasteiger partial charge in [-0.2, -0.15) is 0 Å². The number of carbonyl (C=O) groups excluding carboxylic acids is 1. The van der Waals surface area contributed by atoms with Crippen molar-refractivity contribution in [3.63, 3.8) is 0 Å². The first-order chi connectivity index (χ1) is 4.86. The smallest absolute Gasteiger partial charge is 0.161 e. The van der Waals surface area contributed by atoms with Crippen LogP contribution in [0, 0.1) is 5.92 Å². The molecule has 2 atom stereocenters. The Kier molecular flexibility index (Phi) is 1.49. The number of fused-ring (bicyclic) bond motifs is 2. The van der Waals surface area contributed by atoms with Gasteiger partial charge in [-0.25, -0.2) is 0 Å². The van der Waals surface area contributed by atoms with Crippen molar-refractivity contribution in [1.82, 2.24) is 0 Å². The van der Waals surface area contributed by atoms with Crippen LogP contribution >= 0.6 is 0 Å². The first-order valence-corrected chi connectivity index (χ1v) is 4.00. The van der Waals surface area contributed by atoms with Gasteiger partial charge in [0.25, 0.3) is 0 Å². The average Bonchev–Trinajstić information content (AvgIpc) is 1.99. The molecule has 1 aliphatic heterocycles. The van der Waals surface area contributed by atoms with E-state index in [1.165, 1.54) is 12.8 Å². The van der Waals surface area contributed by atoms with Gasteiger partial charge in [-0.1, -0.05) is 6.42 Å². The molecule has 2 heteroatoms. The molecule has 2 rings (SSSR count). The second-order valence-corrected chi connectivity index (χ2v) is 3.26. The van der Waals surface area contributed by atoms with Gasteiger partial charge in [0.15, 0.2) is 5.78 Å². The summed E-state index contributed by atoms with van der Waals surface area (Å²) in [5.74, 6) is 0.684. The number of hydrogen-bond donors (Lipinski definition) is 0. The van der Waals surface area contributed by atoms with Gasteiger partial charge in [-0.3, -0.25) is 4.79 Å². The van der Waals surface area contributed by atoms with Crippen molar-refractivity contribution < 1.29 is 9.53 Å². The molecule has 0 amide bonds. The van der Waals surface area contributed by atoms with Gasteiger partial charge in [0, 0.05) is 5.92 Å². The maximum Gasteiger partial charge on any atom is 0.161 e. The van der Waals surface area contributed by atoms with Crippen LogP contribution in [0.5, 0.6) is 0 Å². The van der Waals surface area contributed by atoms with Gasteiger partial charge in [0.1, 0.15) is 6.61 Å². The van der Waals surface area contributed by atoms with Crippen LogP contribution in [0.2, 0.25) is 0 Å². The quantitative estimate of drug-likeness (QED) is 0.504. The molecule has 2 nitrogen and oxygen atoms in total. The Morgan fingerprint density at radius 1 is 1.40 bits per heavy atom. The summed E-state index contributed by atoms with van der Waals surface area (Å²) in [6.07, 6.45) is 4.87. The topological polar surface area (TPSA) is 26.3 Å². The molecular formula is C8H12O2. The number of hydrogen-bond acceptors (Lipinski definition) is 2. The molecule has 1 saturated carbocycles. The zero-order valence-electron chi connectivity index (χ0n) is 6.01. The number of ether oxygens (including phenoxy) is 1. The molecule has 2 fully saturated rings. The minimum absolute atomic E-state index is 0.330. The van der Waals surface area contributed by atoms with Crippen LogP contribution in [0.1, 0.15) is 25.7 Å². The van der Waals surface area contributed by atoms with Crippen molar-refractivity contribution in [2.45, 2.75) is 31.8 Å². The minimum atomic E-state index is 0.330. The molecule has 56 valence electrons. The van der Waals surface area contributed by atoms with Crippen LogP contribution in [-0.2, 0) is 9.53 Å². The molecule has 2 bridgehead atoms. The largest absolute Gasteiger partial charge is 0.370 e. The molecule has 0 spiro atoms. The van der Waals surface area contributed by atoms with E-state index in [1.54, 1.807) is 0 Å². The second-order valence-electron chi connectivity index (χ2n) is 3.26. The number of carbonyl (C=O) groups is 1. The van der Waals surface area contributed by atoms with E-state index in [9.17, 15) is 4.79 Å². The summed E-state index contributed by atoms with van der Waals surface area (Å²) < 4.78 is 5.31. The number of ketones is 1. The van der Waals surface area contributed by atoms with Gasteiger partial charge in [0.2, 0.25) is 0 Å². The Morgan fingerprint density at radius 2 is 2.30 bits per heavy atom. The highest BCUT2D eigenvalue weighted by molar-refractivity contribution is 5.82. The van der Waals surface area contributed by atoms with Crippen LogP contribution in [0.3, 0.4) is 0 Å². The molecule has 0 radical (unpaired) electrons. The molecule has 10 heavy (non-hydrogen) atoms. The van der Waals surface area contributed by atoms with Crippen LogP contribution in [0.15, 0.2) is 0 Å². The Bertz CT molecular complexity index is 153. The highest BCUT2D eigenvalue weighted by Crippen LogP contribution is 2.30. The van der Waals surface area contributed by atoms with Crippen LogP contribution in [-0.4, -0.2) is 18.5 Å². The Balaban J connectivity index is 2.07. The predicted octanol–water partition coefficient (Wildman–Crippen LogP) is 1.14. The highest BCUT2D eigenvalue weighted by Gasteiger charge is 2.32. The van der Waals surface area contributed by atoms with E-state index < -0.39 is 0 Å². The normalized spacial score (nSPS) is 39.8. The zero-order valence-corrected chi connectivity index (χ0v) is 6.01. The fourth-order valence-corrected chi connectivity index (χ4v) is 1.91. The van der Waals surface area contributed by atoms with E-state index in [2.05, 4.69) is 0 Å². The van der Waals surface area contributed by atoms with Crippen molar-refractivity contribution in [2.75, 3.05) is 6.61 Å². The van der Waals surface area contributed by atoms with Gasteiger partial charge in [-0.05, 0) is 19.3 Å². The Labute approximate surface area is 60.6 Å². The lowest BCUT2D eigenvalue weighted by atomic mass is 9.83. The number of Topliss-reactive ketones (excluding diaryl/α,β-unsaturated/α-hetero) is 1. The first kappa shape index (κ1) is 6.35. The van der Waals surface area contributed by atoms with Gasteiger partial charge < -0.3 is 4.74 Å². The van der Waals surface area contributed by atoms with Crippen molar-refractivity contribution in [1.29, 1.82) is 0 Å². The molecule has 0 N–H and O–H groups in total. The molecular weight excluding hydrogens is 128 g/mol. The van der Waals surface area contributed by atoms with Crippen molar-refractivity contribution in [3.05, 3.63) is 0 Å². The summed E-state index contributed by atoms with van der Waals surface area (Å²) >= 11 is 0. The highest BCUT2D eigenvalue weighted by atomic mass is 16.5.